The van der Waals surface area contributed by atoms with Crippen molar-refractivity contribution in [2.24, 2.45) is 5.92 Å². The van der Waals surface area contributed by atoms with E-state index in [1.165, 1.54) is 32.1 Å². The van der Waals surface area contributed by atoms with Crippen molar-refractivity contribution >= 4 is 29.3 Å². The van der Waals surface area contributed by atoms with Crippen molar-refractivity contribution < 1.29 is 4.79 Å². The van der Waals surface area contributed by atoms with Gasteiger partial charge < -0.3 is 5.32 Å². The zero-order chi connectivity index (χ0) is 20.6. The van der Waals surface area contributed by atoms with E-state index in [-0.39, 0.29) is 11.9 Å². The van der Waals surface area contributed by atoms with Gasteiger partial charge in [-0.2, -0.15) is 0 Å². The Hall–Kier alpha value is -1.79. The molecule has 29 heavy (non-hydrogen) atoms. The fourth-order valence-electron chi connectivity index (χ4n) is 3.67. The maximum absolute atomic E-state index is 12.2. The predicted molar refractivity (Wildman–Crippen MR) is 120 cm³/mol. The van der Waals surface area contributed by atoms with Crippen LogP contribution in [0.2, 0.25) is 5.02 Å². The van der Waals surface area contributed by atoms with Crippen LogP contribution in [0.1, 0.15) is 63.7 Å². The Bertz CT molecular complexity index is 832. The van der Waals surface area contributed by atoms with Crippen molar-refractivity contribution in [2.45, 2.75) is 63.1 Å². The first-order valence-electron chi connectivity index (χ1n) is 10.3. The third-order valence-corrected chi connectivity index (χ3v) is 6.63. The minimum Gasteiger partial charge on any atom is -0.346 e. The molecule has 0 unspecified atom stereocenters. The molecule has 1 atom stereocenters. The van der Waals surface area contributed by atoms with Crippen LogP contribution in [0.4, 0.5) is 0 Å². The van der Waals surface area contributed by atoms with Gasteiger partial charge in [-0.1, -0.05) is 54.8 Å². The van der Waals surface area contributed by atoms with E-state index in [1.54, 1.807) is 17.8 Å². The van der Waals surface area contributed by atoms with Gasteiger partial charge in [-0.25, -0.2) is 0 Å². The summed E-state index contributed by atoms with van der Waals surface area (Å²) in [6, 6.07) is 7.42. The summed E-state index contributed by atoms with van der Waals surface area (Å²) in [6.07, 6.45) is 9.41. The third kappa shape index (κ3) is 6.09. The van der Waals surface area contributed by atoms with Crippen LogP contribution in [-0.2, 0) is 4.79 Å². The maximum Gasteiger partial charge on any atom is 0.220 e. The number of carbonyl (C=O) groups is 1. The van der Waals surface area contributed by atoms with E-state index in [1.807, 2.05) is 35.8 Å². The normalized spacial score (nSPS) is 15.8. The van der Waals surface area contributed by atoms with E-state index in [9.17, 15) is 4.79 Å². The molecule has 1 aromatic heterocycles. The molecule has 7 heteroatoms. The second kappa shape index (κ2) is 10.8. The number of hydrogen-bond donors (Lipinski definition) is 1. The third-order valence-electron chi connectivity index (χ3n) is 5.24. The van der Waals surface area contributed by atoms with Crippen LogP contribution in [-0.4, -0.2) is 26.4 Å². The van der Waals surface area contributed by atoms with Crippen LogP contribution in [0.25, 0.3) is 5.69 Å². The molecule has 0 spiro atoms. The fraction of sp³-hybridized carbons (Fsp3) is 0.500. The molecule has 3 rings (SSSR count). The first kappa shape index (κ1) is 21.9. The Morgan fingerprint density at radius 1 is 1.38 bits per heavy atom. The van der Waals surface area contributed by atoms with Crippen LogP contribution in [0, 0.1) is 5.92 Å². The molecular weight excluding hydrogens is 404 g/mol. The Morgan fingerprint density at radius 3 is 2.90 bits per heavy atom. The molecule has 5 nitrogen and oxygen atoms in total. The van der Waals surface area contributed by atoms with Crippen LogP contribution >= 0.6 is 23.4 Å². The smallest absolute Gasteiger partial charge is 0.220 e. The van der Waals surface area contributed by atoms with Crippen LogP contribution < -0.4 is 5.32 Å². The predicted octanol–water partition coefficient (Wildman–Crippen LogP) is 5.74. The molecular formula is C22H29ClN4OS. The number of nitrogens with zero attached hydrogens (tertiary/aromatic N) is 3. The number of amides is 1. The van der Waals surface area contributed by atoms with Gasteiger partial charge in [0.25, 0.3) is 0 Å². The van der Waals surface area contributed by atoms with Crippen LogP contribution in [0.15, 0.2) is 42.1 Å². The maximum atomic E-state index is 12.2. The molecule has 1 N–H and O–H groups in total. The summed E-state index contributed by atoms with van der Waals surface area (Å²) in [4.78, 5) is 12.2. The van der Waals surface area contributed by atoms with Crippen molar-refractivity contribution in [2.75, 3.05) is 5.75 Å². The van der Waals surface area contributed by atoms with E-state index >= 15 is 0 Å². The number of halogens is 1. The number of nitrogens with one attached hydrogen (secondary N) is 1. The summed E-state index contributed by atoms with van der Waals surface area (Å²) in [5.41, 5.74) is 0.913. The Labute approximate surface area is 182 Å². The molecule has 1 aliphatic rings. The first-order chi connectivity index (χ1) is 14.1. The summed E-state index contributed by atoms with van der Waals surface area (Å²) >= 11 is 7.99. The summed E-state index contributed by atoms with van der Waals surface area (Å²) in [6.45, 7) is 5.61. The van der Waals surface area contributed by atoms with Gasteiger partial charge in [0, 0.05) is 17.2 Å². The van der Waals surface area contributed by atoms with Crippen molar-refractivity contribution in [1.82, 2.24) is 20.1 Å². The van der Waals surface area contributed by atoms with Gasteiger partial charge in [0.2, 0.25) is 5.91 Å². The van der Waals surface area contributed by atoms with Gasteiger partial charge in [-0.3, -0.25) is 9.36 Å². The van der Waals surface area contributed by atoms with E-state index in [0.29, 0.717) is 23.7 Å². The van der Waals surface area contributed by atoms with Crippen molar-refractivity contribution in [3.05, 3.63) is 47.8 Å². The molecule has 1 amide bonds. The fourth-order valence-corrected chi connectivity index (χ4v) is 5.00. The van der Waals surface area contributed by atoms with E-state index < -0.39 is 0 Å². The number of benzene rings is 1. The summed E-state index contributed by atoms with van der Waals surface area (Å²) in [7, 11) is 0. The second-order valence-electron chi connectivity index (χ2n) is 7.59. The minimum atomic E-state index is -0.261. The molecule has 1 fully saturated rings. The highest BCUT2D eigenvalue weighted by Gasteiger charge is 2.22. The summed E-state index contributed by atoms with van der Waals surface area (Å²) in [5.74, 6) is 2.47. The van der Waals surface area contributed by atoms with Gasteiger partial charge >= 0.3 is 0 Å². The van der Waals surface area contributed by atoms with Crippen molar-refractivity contribution in [3.8, 4) is 5.69 Å². The zero-order valence-electron chi connectivity index (χ0n) is 16.9. The summed E-state index contributed by atoms with van der Waals surface area (Å²) in [5, 5.41) is 13.4. The van der Waals surface area contributed by atoms with Gasteiger partial charge in [0.1, 0.15) is 0 Å². The molecule has 0 bridgehead atoms. The number of aromatic nitrogens is 3. The lowest BCUT2D eigenvalue weighted by atomic mass is 9.91. The minimum absolute atomic E-state index is 0.0190. The lowest BCUT2D eigenvalue weighted by molar-refractivity contribution is -0.121. The molecule has 1 aromatic carbocycles. The SMILES string of the molecule is C=CCCC(=O)N[C@@H](C)c1nnc(SCC2CCCCC2)n1-c1cccc(Cl)c1. The Kier molecular flexibility index (Phi) is 8.19. The number of allylic oxidation sites excluding steroid dienone is 1. The first-order valence-corrected chi connectivity index (χ1v) is 11.7. The van der Waals surface area contributed by atoms with Gasteiger partial charge in [0.05, 0.1) is 11.7 Å². The quantitative estimate of drug-likeness (QED) is 0.405. The molecule has 1 aliphatic carbocycles. The van der Waals surface area contributed by atoms with Crippen molar-refractivity contribution in [1.29, 1.82) is 0 Å². The summed E-state index contributed by atoms with van der Waals surface area (Å²) < 4.78 is 2.03. The standard InChI is InChI=1S/C22H29ClN4OS/c1-3-4-13-20(28)24-16(2)21-25-26-22(29-15-17-9-6-5-7-10-17)27(21)19-12-8-11-18(23)14-19/h3,8,11-12,14,16-17H,1,4-7,9-10,13,15H2,2H3,(H,24,28)/t16-/m0/s1. The Morgan fingerprint density at radius 2 is 2.17 bits per heavy atom. The van der Waals surface area contributed by atoms with E-state index in [2.05, 4.69) is 22.1 Å². The van der Waals surface area contributed by atoms with Gasteiger partial charge in [-0.15, -0.1) is 16.8 Å². The van der Waals surface area contributed by atoms with E-state index in [4.69, 9.17) is 11.6 Å². The topological polar surface area (TPSA) is 59.8 Å². The Balaban J connectivity index is 1.82. The number of hydrogen-bond acceptors (Lipinski definition) is 4. The largest absolute Gasteiger partial charge is 0.346 e. The van der Waals surface area contributed by atoms with Crippen LogP contribution in [0.5, 0.6) is 0 Å². The van der Waals surface area contributed by atoms with Gasteiger partial charge in [0.15, 0.2) is 11.0 Å². The molecule has 1 heterocycles. The lowest BCUT2D eigenvalue weighted by Gasteiger charge is -2.21. The average Bonchev–Trinajstić information content (AvgIpc) is 3.15. The number of rotatable bonds is 9. The van der Waals surface area contributed by atoms with E-state index in [0.717, 1.165) is 22.5 Å². The second-order valence-corrected chi connectivity index (χ2v) is 9.01. The average molecular weight is 433 g/mol. The number of thioether (sulfide) groups is 1. The lowest BCUT2D eigenvalue weighted by Crippen LogP contribution is -2.28. The monoisotopic (exact) mass is 432 g/mol. The van der Waals surface area contributed by atoms with Crippen LogP contribution in [0.3, 0.4) is 0 Å². The highest BCUT2D eigenvalue weighted by Crippen LogP contribution is 2.32. The van der Waals surface area contributed by atoms with Crippen molar-refractivity contribution in [3.63, 3.8) is 0 Å². The molecule has 0 saturated heterocycles. The molecule has 0 radical (unpaired) electrons. The molecule has 1 saturated carbocycles. The molecule has 2 aromatic rings. The molecule has 156 valence electrons. The van der Waals surface area contributed by atoms with Gasteiger partial charge in [-0.05, 0) is 50.3 Å². The highest BCUT2D eigenvalue weighted by molar-refractivity contribution is 7.99. The molecule has 0 aliphatic heterocycles. The number of carbonyl (C=O) groups excluding carboxylic acids is 1. The highest BCUT2D eigenvalue weighted by atomic mass is 35.5. The zero-order valence-corrected chi connectivity index (χ0v) is 18.5.